The van der Waals surface area contributed by atoms with E-state index in [0.29, 0.717) is 17.4 Å². The highest BCUT2D eigenvalue weighted by atomic mass is 16.5. The van der Waals surface area contributed by atoms with Crippen LogP contribution in [-0.4, -0.2) is 48.2 Å². The zero-order valence-corrected chi connectivity index (χ0v) is 18.2. The van der Waals surface area contributed by atoms with E-state index in [2.05, 4.69) is 44.8 Å². The number of hydrogen-bond donors (Lipinski definition) is 2. The van der Waals surface area contributed by atoms with Gasteiger partial charge < -0.3 is 20.3 Å². The summed E-state index contributed by atoms with van der Waals surface area (Å²) in [6.45, 7) is 5.34. The Labute approximate surface area is 187 Å². The first kappa shape index (κ1) is 20.5. The minimum atomic E-state index is -0.0212. The molecule has 32 heavy (non-hydrogen) atoms. The number of carbonyl (C=O) groups excluding carboxylic acids is 1. The molecule has 0 radical (unpaired) electrons. The highest BCUT2D eigenvalue weighted by molar-refractivity contribution is 5.95. The Morgan fingerprint density at radius 2 is 1.72 bits per heavy atom. The SMILES string of the molecule is Cc1cc(Nc2ccc(N3CCOCC3)cc2)nc(-c2ccc(C(=O)NC3CC3)cc2)n1. The average Bonchev–Trinajstić information content (AvgIpc) is 3.64. The molecule has 1 amide bonds. The summed E-state index contributed by atoms with van der Waals surface area (Å²) in [6, 6.07) is 18.1. The Kier molecular flexibility index (Phi) is 5.73. The number of amides is 1. The molecule has 2 aliphatic rings. The summed E-state index contributed by atoms with van der Waals surface area (Å²) in [5.41, 5.74) is 4.58. The zero-order chi connectivity index (χ0) is 21.9. The Morgan fingerprint density at radius 3 is 2.41 bits per heavy atom. The summed E-state index contributed by atoms with van der Waals surface area (Å²) in [7, 11) is 0. The normalized spacial score (nSPS) is 16.0. The van der Waals surface area contributed by atoms with Crippen molar-refractivity contribution in [3.63, 3.8) is 0 Å². The molecule has 2 heterocycles. The Morgan fingerprint density at radius 1 is 1.00 bits per heavy atom. The van der Waals surface area contributed by atoms with E-state index in [1.54, 1.807) is 0 Å². The van der Waals surface area contributed by atoms with E-state index in [9.17, 15) is 4.79 Å². The number of aromatic nitrogens is 2. The first-order valence-electron chi connectivity index (χ1n) is 11.1. The van der Waals surface area contributed by atoms with Crippen molar-refractivity contribution in [2.45, 2.75) is 25.8 Å². The molecule has 1 aromatic heterocycles. The van der Waals surface area contributed by atoms with Crippen molar-refractivity contribution in [3.8, 4) is 11.4 Å². The fourth-order valence-corrected chi connectivity index (χ4v) is 3.75. The lowest BCUT2D eigenvalue weighted by molar-refractivity contribution is 0.0951. The lowest BCUT2D eigenvalue weighted by Crippen LogP contribution is -2.36. The molecule has 1 saturated heterocycles. The number of hydrogen-bond acceptors (Lipinski definition) is 6. The van der Waals surface area contributed by atoms with Gasteiger partial charge in [0.15, 0.2) is 5.82 Å². The summed E-state index contributed by atoms with van der Waals surface area (Å²) in [4.78, 5) is 23.8. The number of aryl methyl sites for hydroxylation is 1. The number of nitrogens with zero attached hydrogens (tertiary/aromatic N) is 3. The van der Waals surface area contributed by atoms with Crippen molar-refractivity contribution in [1.82, 2.24) is 15.3 Å². The van der Waals surface area contributed by atoms with Gasteiger partial charge in [0.2, 0.25) is 0 Å². The summed E-state index contributed by atoms with van der Waals surface area (Å²) >= 11 is 0. The Balaban J connectivity index is 1.29. The standard InChI is InChI=1S/C25H27N5O2/c1-17-16-23(27-20-8-10-22(11-9-20)30-12-14-32-15-13-30)29-24(26-17)18-2-4-19(5-3-18)25(31)28-21-6-7-21/h2-5,8-11,16,21H,6-7,12-15H2,1H3,(H,28,31)(H,26,27,29). The largest absolute Gasteiger partial charge is 0.378 e. The molecule has 0 spiro atoms. The monoisotopic (exact) mass is 429 g/mol. The smallest absolute Gasteiger partial charge is 0.251 e. The van der Waals surface area contributed by atoms with Gasteiger partial charge in [-0.1, -0.05) is 12.1 Å². The van der Waals surface area contributed by atoms with E-state index in [4.69, 9.17) is 9.72 Å². The van der Waals surface area contributed by atoms with Crippen molar-refractivity contribution >= 4 is 23.1 Å². The molecule has 3 aromatic rings. The van der Waals surface area contributed by atoms with Gasteiger partial charge in [-0.3, -0.25) is 4.79 Å². The van der Waals surface area contributed by atoms with E-state index in [-0.39, 0.29) is 5.91 Å². The molecule has 1 aliphatic carbocycles. The van der Waals surface area contributed by atoms with Crippen LogP contribution in [0, 0.1) is 6.92 Å². The molecule has 2 fully saturated rings. The lowest BCUT2D eigenvalue weighted by atomic mass is 10.1. The third kappa shape index (κ3) is 4.89. The van der Waals surface area contributed by atoms with E-state index >= 15 is 0 Å². The van der Waals surface area contributed by atoms with Crippen molar-refractivity contribution in [2.75, 3.05) is 36.5 Å². The lowest BCUT2D eigenvalue weighted by Gasteiger charge is -2.28. The van der Waals surface area contributed by atoms with Crippen molar-refractivity contribution < 1.29 is 9.53 Å². The summed E-state index contributed by atoms with van der Waals surface area (Å²) in [6.07, 6.45) is 2.15. The molecule has 1 aliphatic heterocycles. The number of nitrogens with one attached hydrogen (secondary N) is 2. The third-order valence-electron chi connectivity index (χ3n) is 5.69. The van der Waals surface area contributed by atoms with Crippen LogP contribution in [0.4, 0.5) is 17.2 Å². The van der Waals surface area contributed by atoms with E-state index < -0.39 is 0 Å². The van der Waals surface area contributed by atoms with Gasteiger partial charge in [-0.05, 0) is 56.2 Å². The number of carbonyl (C=O) groups is 1. The van der Waals surface area contributed by atoms with Crippen LogP contribution in [0.2, 0.25) is 0 Å². The first-order chi connectivity index (χ1) is 15.6. The van der Waals surface area contributed by atoms with Crippen LogP contribution < -0.4 is 15.5 Å². The predicted octanol–water partition coefficient (Wildman–Crippen LogP) is 3.92. The number of ether oxygens (including phenoxy) is 1. The van der Waals surface area contributed by atoms with Crippen molar-refractivity contribution in [2.24, 2.45) is 0 Å². The molecule has 0 atom stereocenters. The second-order valence-electron chi connectivity index (χ2n) is 8.31. The summed E-state index contributed by atoms with van der Waals surface area (Å²) in [5.74, 6) is 1.35. The minimum absolute atomic E-state index is 0.0212. The molecule has 1 saturated carbocycles. The second kappa shape index (κ2) is 8.96. The minimum Gasteiger partial charge on any atom is -0.378 e. The van der Waals surface area contributed by atoms with Gasteiger partial charge in [0, 0.05) is 53.4 Å². The molecule has 164 valence electrons. The van der Waals surface area contributed by atoms with E-state index in [0.717, 1.165) is 61.9 Å². The topological polar surface area (TPSA) is 79.4 Å². The fraction of sp³-hybridized carbons (Fsp3) is 0.320. The highest BCUT2D eigenvalue weighted by Crippen LogP contribution is 2.24. The van der Waals surface area contributed by atoms with E-state index in [1.165, 1.54) is 5.69 Å². The van der Waals surface area contributed by atoms with Gasteiger partial charge in [0.05, 0.1) is 13.2 Å². The third-order valence-corrected chi connectivity index (χ3v) is 5.69. The Bertz CT molecular complexity index is 1090. The summed E-state index contributed by atoms with van der Waals surface area (Å²) in [5, 5.41) is 6.40. The first-order valence-corrected chi connectivity index (χ1v) is 11.1. The molecule has 5 rings (SSSR count). The van der Waals surface area contributed by atoms with Crippen LogP contribution in [0.25, 0.3) is 11.4 Å². The predicted molar refractivity (Wildman–Crippen MR) is 125 cm³/mol. The molecule has 2 aromatic carbocycles. The Hall–Kier alpha value is -3.45. The fourth-order valence-electron chi connectivity index (χ4n) is 3.75. The van der Waals surface area contributed by atoms with Gasteiger partial charge in [0.25, 0.3) is 5.91 Å². The quantitative estimate of drug-likeness (QED) is 0.618. The van der Waals surface area contributed by atoms with Gasteiger partial charge in [-0.25, -0.2) is 9.97 Å². The maximum atomic E-state index is 12.2. The maximum absolute atomic E-state index is 12.2. The molecule has 0 bridgehead atoms. The molecular formula is C25H27N5O2. The number of rotatable bonds is 6. The van der Waals surface area contributed by atoms with Crippen molar-refractivity contribution in [1.29, 1.82) is 0 Å². The highest BCUT2D eigenvalue weighted by Gasteiger charge is 2.23. The number of anilines is 3. The molecule has 2 N–H and O–H groups in total. The average molecular weight is 430 g/mol. The van der Waals surface area contributed by atoms with Crippen LogP contribution in [-0.2, 0) is 4.74 Å². The van der Waals surface area contributed by atoms with Crippen LogP contribution in [0.15, 0.2) is 54.6 Å². The van der Waals surface area contributed by atoms with E-state index in [1.807, 2.05) is 37.3 Å². The van der Waals surface area contributed by atoms with Crippen LogP contribution in [0.5, 0.6) is 0 Å². The van der Waals surface area contributed by atoms with Gasteiger partial charge in [0.1, 0.15) is 5.82 Å². The van der Waals surface area contributed by atoms with Gasteiger partial charge in [-0.15, -0.1) is 0 Å². The zero-order valence-electron chi connectivity index (χ0n) is 18.2. The van der Waals surface area contributed by atoms with Crippen LogP contribution in [0.1, 0.15) is 28.9 Å². The van der Waals surface area contributed by atoms with Crippen molar-refractivity contribution in [3.05, 3.63) is 65.9 Å². The summed E-state index contributed by atoms with van der Waals surface area (Å²) < 4.78 is 5.43. The van der Waals surface area contributed by atoms with Crippen LogP contribution >= 0.6 is 0 Å². The molecular weight excluding hydrogens is 402 g/mol. The number of morpholine rings is 1. The van der Waals surface area contributed by atoms with Crippen LogP contribution in [0.3, 0.4) is 0 Å². The van der Waals surface area contributed by atoms with Gasteiger partial charge >= 0.3 is 0 Å². The molecule has 7 heteroatoms. The molecule has 7 nitrogen and oxygen atoms in total. The molecule has 0 unspecified atom stereocenters. The van der Waals surface area contributed by atoms with Gasteiger partial charge in [-0.2, -0.15) is 0 Å². The maximum Gasteiger partial charge on any atom is 0.251 e. The number of benzene rings is 2. The second-order valence-corrected chi connectivity index (χ2v) is 8.31.